The Hall–Kier alpha value is -3.05. The maximum absolute atomic E-state index is 13.3. The van der Waals surface area contributed by atoms with Crippen LogP contribution in [0.3, 0.4) is 0 Å². The van der Waals surface area contributed by atoms with E-state index in [1.807, 2.05) is 32.8 Å². The number of likely N-dealkylation sites (N-methyl/N-ethyl adjacent to an activating group) is 1. The van der Waals surface area contributed by atoms with Crippen LogP contribution in [0.1, 0.15) is 24.2 Å². The minimum Gasteiger partial charge on any atom is -0.488 e. The minimum absolute atomic E-state index is 0.0510. The maximum atomic E-state index is 13.3. The number of nitrogens with one attached hydrogen (secondary N) is 1. The molecule has 0 saturated carbocycles. The zero-order valence-corrected chi connectivity index (χ0v) is 18.2. The van der Waals surface area contributed by atoms with E-state index in [4.69, 9.17) is 4.74 Å². The number of benzene rings is 1. The number of carbonyl (C=O) groups is 2. The molecule has 0 saturated heterocycles. The molecule has 1 aliphatic heterocycles. The third kappa shape index (κ3) is 5.56. The Morgan fingerprint density at radius 1 is 1.42 bits per heavy atom. The Labute approximate surface area is 181 Å². The summed E-state index contributed by atoms with van der Waals surface area (Å²) in [5.41, 5.74) is 0.805. The molecule has 0 aliphatic carbocycles. The molecule has 0 spiro atoms. The highest BCUT2D eigenvalue weighted by molar-refractivity contribution is 5.99. The molecule has 11 heteroatoms. The number of hydrogen-bond donors (Lipinski definition) is 2. The zero-order chi connectivity index (χ0) is 22.5. The van der Waals surface area contributed by atoms with Crippen LogP contribution >= 0.6 is 0 Å². The normalized spacial score (nSPS) is 19.9. The Balaban J connectivity index is 1.90. The molecule has 0 bridgehead atoms. The summed E-state index contributed by atoms with van der Waals surface area (Å²) >= 11 is 0. The molecule has 0 unspecified atom stereocenters. The van der Waals surface area contributed by atoms with Crippen LogP contribution < -0.4 is 10.1 Å². The lowest BCUT2D eigenvalue weighted by atomic mass is 9.99. The van der Waals surface area contributed by atoms with Crippen LogP contribution in [0.5, 0.6) is 5.75 Å². The van der Waals surface area contributed by atoms with Crippen molar-refractivity contribution in [3.05, 3.63) is 30.1 Å². The van der Waals surface area contributed by atoms with E-state index in [0.29, 0.717) is 30.1 Å². The van der Waals surface area contributed by atoms with E-state index in [1.165, 1.54) is 11.0 Å². The van der Waals surface area contributed by atoms with Gasteiger partial charge in [-0.25, -0.2) is 4.68 Å². The van der Waals surface area contributed by atoms with Crippen molar-refractivity contribution in [3.63, 3.8) is 0 Å². The number of tetrazole rings is 1. The number of fused-ring (bicyclic) bond motifs is 1. The Morgan fingerprint density at radius 3 is 2.84 bits per heavy atom. The lowest BCUT2D eigenvalue weighted by molar-refractivity contribution is -0.116. The molecule has 2 amide bonds. The molecule has 2 heterocycles. The highest BCUT2D eigenvalue weighted by Crippen LogP contribution is 2.30. The molecule has 0 radical (unpaired) electrons. The molecule has 1 aromatic heterocycles. The number of aromatic nitrogens is 4. The molecule has 3 atom stereocenters. The molecular weight excluding hydrogens is 402 g/mol. The van der Waals surface area contributed by atoms with Crippen LogP contribution in [0.4, 0.5) is 5.69 Å². The summed E-state index contributed by atoms with van der Waals surface area (Å²) in [4.78, 5) is 29.3. The molecule has 1 aromatic carbocycles. The van der Waals surface area contributed by atoms with Gasteiger partial charge in [-0.15, -0.1) is 5.10 Å². The van der Waals surface area contributed by atoms with E-state index < -0.39 is 0 Å². The van der Waals surface area contributed by atoms with Gasteiger partial charge < -0.3 is 25.0 Å². The first kappa shape index (κ1) is 22.6. The van der Waals surface area contributed by atoms with Gasteiger partial charge in [0.05, 0.1) is 18.2 Å². The molecule has 3 rings (SSSR count). The first-order valence-corrected chi connectivity index (χ1v) is 10.2. The zero-order valence-electron chi connectivity index (χ0n) is 18.2. The van der Waals surface area contributed by atoms with E-state index in [-0.39, 0.29) is 43.0 Å². The van der Waals surface area contributed by atoms with Crippen LogP contribution in [0, 0.1) is 5.92 Å². The van der Waals surface area contributed by atoms with Gasteiger partial charge in [0.1, 0.15) is 24.7 Å². The summed E-state index contributed by atoms with van der Waals surface area (Å²) in [6.07, 6.45) is 1.20. The van der Waals surface area contributed by atoms with Crippen molar-refractivity contribution >= 4 is 17.5 Å². The fraction of sp³-hybridized carbons (Fsp3) is 0.550. The number of aliphatic hydroxyl groups excluding tert-OH is 1. The van der Waals surface area contributed by atoms with Crippen molar-refractivity contribution in [2.75, 3.05) is 39.1 Å². The van der Waals surface area contributed by atoms with Gasteiger partial charge >= 0.3 is 0 Å². The van der Waals surface area contributed by atoms with Gasteiger partial charge in [0.25, 0.3) is 5.91 Å². The summed E-state index contributed by atoms with van der Waals surface area (Å²) in [5, 5.41) is 23.1. The van der Waals surface area contributed by atoms with Gasteiger partial charge in [-0.05, 0) is 49.6 Å². The average molecular weight is 431 g/mol. The molecule has 1 aliphatic rings. The largest absolute Gasteiger partial charge is 0.488 e. The van der Waals surface area contributed by atoms with Crippen molar-refractivity contribution in [1.29, 1.82) is 0 Å². The van der Waals surface area contributed by atoms with Gasteiger partial charge in [-0.2, -0.15) is 0 Å². The highest BCUT2D eigenvalue weighted by Gasteiger charge is 2.33. The van der Waals surface area contributed by atoms with E-state index in [9.17, 15) is 14.7 Å². The Bertz CT molecular complexity index is 903. The molecule has 2 aromatic rings. The van der Waals surface area contributed by atoms with Crippen LogP contribution in [0.25, 0.3) is 0 Å². The minimum atomic E-state index is -0.348. The topological polar surface area (TPSA) is 126 Å². The van der Waals surface area contributed by atoms with Gasteiger partial charge in [0.15, 0.2) is 0 Å². The molecular formula is C20H29N7O4. The SMILES string of the molecule is C[C@H](CO)N1C[C@H](C)[C@@H](CN(C)C)Oc2ccc(NC(=O)Cn3cnnn3)cc2C1=O. The number of hydrogen-bond acceptors (Lipinski definition) is 8. The quantitative estimate of drug-likeness (QED) is 0.632. The number of carbonyl (C=O) groups excluding carboxylic acids is 2. The first-order chi connectivity index (χ1) is 14.8. The number of aliphatic hydroxyl groups is 1. The summed E-state index contributed by atoms with van der Waals surface area (Å²) in [5.74, 6) is -0.0596. The second-order valence-corrected chi connectivity index (χ2v) is 8.15. The monoisotopic (exact) mass is 431 g/mol. The Kier molecular flexibility index (Phi) is 7.18. The van der Waals surface area contributed by atoms with Crippen molar-refractivity contribution in [1.82, 2.24) is 30.0 Å². The third-order valence-electron chi connectivity index (χ3n) is 5.19. The summed E-state index contributed by atoms with van der Waals surface area (Å²) in [7, 11) is 3.94. The lowest BCUT2D eigenvalue weighted by Crippen LogP contribution is -2.49. The number of amides is 2. The smallest absolute Gasteiger partial charge is 0.258 e. The molecule has 11 nitrogen and oxygen atoms in total. The highest BCUT2D eigenvalue weighted by atomic mass is 16.5. The predicted molar refractivity (Wildman–Crippen MR) is 113 cm³/mol. The number of anilines is 1. The molecule has 31 heavy (non-hydrogen) atoms. The second kappa shape index (κ2) is 9.84. The lowest BCUT2D eigenvalue weighted by Gasteiger charge is -2.37. The number of rotatable bonds is 7. The first-order valence-electron chi connectivity index (χ1n) is 10.2. The standard InChI is InChI=1S/C20H29N7O4/c1-13-8-27(14(2)11-28)20(30)16-7-15(22-19(29)10-26-12-21-23-24-26)5-6-17(16)31-18(13)9-25(3)4/h5-7,12-14,18,28H,8-11H2,1-4H3,(H,22,29)/t13-,14+,18+/m0/s1. The fourth-order valence-corrected chi connectivity index (χ4v) is 3.48. The number of nitrogens with zero attached hydrogens (tertiary/aromatic N) is 6. The van der Waals surface area contributed by atoms with Crippen LogP contribution in [0.15, 0.2) is 24.5 Å². The maximum Gasteiger partial charge on any atom is 0.258 e. The van der Waals surface area contributed by atoms with Gasteiger partial charge in [0.2, 0.25) is 5.91 Å². The third-order valence-corrected chi connectivity index (χ3v) is 5.19. The molecule has 168 valence electrons. The van der Waals surface area contributed by atoms with Crippen molar-refractivity contribution in [3.8, 4) is 5.75 Å². The van der Waals surface area contributed by atoms with E-state index >= 15 is 0 Å². The van der Waals surface area contributed by atoms with Gasteiger partial charge in [0, 0.05) is 24.7 Å². The summed E-state index contributed by atoms with van der Waals surface area (Å²) in [6.45, 7) is 4.79. The number of ether oxygens (including phenoxy) is 1. The molecule has 0 fully saturated rings. The molecule has 2 N–H and O–H groups in total. The van der Waals surface area contributed by atoms with Crippen LogP contribution in [-0.4, -0.2) is 92.9 Å². The van der Waals surface area contributed by atoms with Crippen LogP contribution in [-0.2, 0) is 11.3 Å². The van der Waals surface area contributed by atoms with E-state index in [0.717, 1.165) is 0 Å². The predicted octanol–water partition coefficient (Wildman–Crippen LogP) is 0.0935. The summed E-state index contributed by atoms with van der Waals surface area (Å²) in [6, 6.07) is 4.65. The van der Waals surface area contributed by atoms with Gasteiger partial charge in [-0.3, -0.25) is 9.59 Å². The fourth-order valence-electron chi connectivity index (χ4n) is 3.48. The van der Waals surface area contributed by atoms with Crippen LogP contribution in [0.2, 0.25) is 0 Å². The van der Waals surface area contributed by atoms with E-state index in [1.54, 1.807) is 23.1 Å². The Morgan fingerprint density at radius 2 is 2.19 bits per heavy atom. The van der Waals surface area contributed by atoms with E-state index in [2.05, 4.69) is 20.8 Å². The van der Waals surface area contributed by atoms with Crippen molar-refractivity contribution < 1.29 is 19.4 Å². The second-order valence-electron chi connectivity index (χ2n) is 8.15. The average Bonchev–Trinajstić information content (AvgIpc) is 3.23. The van der Waals surface area contributed by atoms with Crippen molar-refractivity contribution in [2.45, 2.75) is 32.5 Å². The summed E-state index contributed by atoms with van der Waals surface area (Å²) < 4.78 is 7.54. The van der Waals surface area contributed by atoms with Gasteiger partial charge in [-0.1, -0.05) is 6.92 Å². The van der Waals surface area contributed by atoms with Crippen molar-refractivity contribution in [2.24, 2.45) is 5.92 Å².